The molecule has 2 aliphatic rings. The number of anilines is 1. The highest BCUT2D eigenvalue weighted by Gasteiger charge is 2.25. The minimum absolute atomic E-state index is 0.173. The van der Waals surface area contributed by atoms with Crippen LogP contribution in [0.25, 0.3) is 6.08 Å². The molecule has 0 bridgehead atoms. The van der Waals surface area contributed by atoms with Gasteiger partial charge in [0.2, 0.25) is 5.56 Å². The lowest BCUT2D eigenvalue weighted by molar-refractivity contribution is -0.117. The maximum absolute atomic E-state index is 12.5. The van der Waals surface area contributed by atoms with Crippen molar-refractivity contribution in [3.8, 4) is 11.8 Å². The second-order valence-electron chi connectivity index (χ2n) is 8.03. The number of para-hydroxylation sites is 1. The predicted octanol–water partition coefficient (Wildman–Crippen LogP) is 3.62. The lowest BCUT2D eigenvalue weighted by Crippen LogP contribution is -2.46. The van der Waals surface area contributed by atoms with E-state index in [1.165, 1.54) is 0 Å². The van der Waals surface area contributed by atoms with Gasteiger partial charge >= 0.3 is 0 Å². The molecule has 0 radical (unpaired) electrons. The van der Waals surface area contributed by atoms with Crippen molar-refractivity contribution in [1.29, 1.82) is 5.26 Å². The number of carbonyl (C=O) groups is 1. The maximum Gasteiger partial charge on any atom is 0.252 e. The number of benzene rings is 2. The van der Waals surface area contributed by atoms with Gasteiger partial charge in [-0.05, 0) is 49.7 Å². The number of carbonyl (C=O) groups excluding carboxylic acids is 1. The molecule has 7 heteroatoms. The van der Waals surface area contributed by atoms with E-state index >= 15 is 0 Å². The molecule has 1 fully saturated rings. The summed E-state index contributed by atoms with van der Waals surface area (Å²) in [4.78, 5) is 17.3. The first kappa shape index (κ1) is 22.2. The van der Waals surface area contributed by atoms with Crippen molar-refractivity contribution >= 4 is 29.3 Å². The molecule has 0 spiro atoms. The van der Waals surface area contributed by atoms with E-state index in [0.29, 0.717) is 23.4 Å². The van der Waals surface area contributed by atoms with E-state index in [1.54, 1.807) is 6.08 Å². The number of alkyl halides is 1. The Morgan fingerprint density at radius 1 is 1.12 bits per heavy atom. The number of rotatable bonds is 7. The van der Waals surface area contributed by atoms with E-state index in [2.05, 4.69) is 27.3 Å². The number of halogens is 1. The molecule has 2 aromatic rings. The Morgan fingerprint density at radius 3 is 2.75 bits per heavy atom. The number of ether oxygens (including phenoxy) is 1. The molecule has 2 aliphatic heterocycles. The van der Waals surface area contributed by atoms with Crippen LogP contribution in [0.3, 0.4) is 0 Å². The summed E-state index contributed by atoms with van der Waals surface area (Å²) in [5.74, 6) is 0.523. The van der Waals surface area contributed by atoms with Gasteiger partial charge in [0.05, 0.1) is 17.2 Å². The monoisotopic (exact) mass is 450 g/mol. The standard InChI is InChI=1S/C25H27ClN4O2/c26-24-22(17-20-7-1-2-9-23(20)32-24)25(31)28-10-3-4-11-29-12-14-30(15-13-29)21-8-5-6-19(16-21)18-27/h1-2,5-9,16-17,24H,3-4,10-15H2,(H,28,31). The van der Waals surface area contributed by atoms with Gasteiger partial charge in [0, 0.05) is 44.0 Å². The van der Waals surface area contributed by atoms with Gasteiger partial charge in [-0.3, -0.25) is 9.69 Å². The molecule has 1 atom stereocenters. The topological polar surface area (TPSA) is 68.6 Å². The van der Waals surface area contributed by atoms with E-state index in [-0.39, 0.29) is 5.91 Å². The summed E-state index contributed by atoms with van der Waals surface area (Å²) in [6.45, 7) is 5.54. The molecular weight excluding hydrogens is 424 g/mol. The number of nitriles is 1. The fourth-order valence-corrected chi connectivity index (χ4v) is 4.31. The highest BCUT2D eigenvalue weighted by Crippen LogP contribution is 2.30. The van der Waals surface area contributed by atoms with Crippen molar-refractivity contribution in [3.05, 3.63) is 65.2 Å². The molecule has 1 amide bonds. The van der Waals surface area contributed by atoms with Crippen molar-refractivity contribution < 1.29 is 9.53 Å². The van der Waals surface area contributed by atoms with Gasteiger partial charge in [0.1, 0.15) is 5.75 Å². The number of hydrogen-bond acceptors (Lipinski definition) is 5. The van der Waals surface area contributed by atoms with Crippen molar-refractivity contribution in [1.82, 2.24) is 10.2 Å². The summed E-state index contributed by atoms with van der Waals surface area (Å²) in [7, 11) is 0. The van der Waals surface area contributed by atoms with Gasteiger partial charge in [-0.15, -0.1) is 0 Å². The van der Waals surface area contributed by atoms with Crippen LogP contribution in [0.5, 0.6) is 5.75 Å². The minimum Gasteiger partial charge on any atom is -0.469 e. The van der Waals surface area contributed by atoms with E-state index in [9.17, 15) is 4.79 Å². The number of hydrogen-bond donors (Lipinski definition) is 1. The highest BCUT2D eigenvalue weighted by atomic mass is 35.5. The molecule has 1 N–H and O–H groups in total. The summed E-state index contributed by atoms with van der Waals surface area (Å²) in [5, 5.41) is 12.1. The van der Waals surface area contributed by atoms with Crippen LogP contribution in [0, 0.1) is 11.3 Å². The van der Waals surface area contributed by atoms with E-state index < -0.39 is 5.56 Å². The largest absolute Gasteiger partial charge is 0.469 e. The third-order valence-corrected chi connectivity index (χ3v) is 6.19. The zero-order valence-electron chi connectivity index (χ0n) is 18.0. The normalized spacial score (nSPS) is 18.2. The molecule has 166 valence electrons. The van der Waals surface area contributed by atoms with Crippen LogP contribution in [0.1, 0.15) is 24.0 Å². The van der Waals surface area contributed by atoms with Gasteiger partial charge in [0.15, 0.2) is 0 Å². The van der Waals surface area contributed by atoms with Crippen LogP contribution in [-0.2, 0) is 4.79 Å². The fourth-order valence-electron chi connectivity index (χ4n) is 4.05. The van der Waals surface area contributed by atoms with Crippen molar-refractivity contribution in [2.75, 3.05) is 44.2 Å². The SMILES string of the molecule is N#Cc1cccc(N2CCN(CCCCNC(=O)C3=Cc4ccccc4OC3Cl)CC2)c1. The molecule has 2 heterocycles. The average Bonchev–Trinajstić information content (AvgIpc) is 2.83. The van der Waals surface area contributed by atoms with Crippen molar-refractivity contribution in [3.63, 3.8) is 0 Å². The molecular formula is C25H27ClN4O2. The number of amides is 1. The van der Waals surface area contributed by atoms with E-state index in [4.69, 9.17) is 21.6 Å². The first-order valence-electron chi connectivity index (χ1n) is 11.0. The van der Waals surface area contributed by atoms with Gasteiger partial charge in [-0.2, -0.15) is 5.26 Å². The molecule has 2 aromatic carbocycles. The summed E-state index contributed by atoms with van der Waals surface area (Å²) >= 11 is 6.24. The Morgan fingerprint density at radius 2 is 1.94 bits per heavy atom. The Kier molecular flexibility index (Phi) is 7.31. The van der Waals surface area contributed by atoms with Gasteiger partial charge in [-0.1, -0.05) is 35.9 Å². The Labute approximate surface area is 194 Å². The molecule has 1 unspecified atom stereocenters. The number of fused-ring (bicyclic) bond motifs is 1. The molecule has 4 rings (SSSR count). The quantitative estimate of drug-likeness (QED) is 0.515. The minimum atomic E-state index is -0.768. The molecule has 1 saturated heterocycles. The van der Waals surface area contributed by atoms with Crippen LogP contribution in [0.2, 0.25) is 0 Å². The predicted molar refractivity (Wildman–Crippen MR) is 127 cm³/mol. The molecule has 32 heavy (non-hydrogen) atoms. The first-order chi connectivity index (χ1) is 15.6. The summed E-state index contributed by atoms with van der Waals surface area (Å²) < 4.78 is 5.64. The third kappa shape index (κ3) is 5.42. The average molecular weight is 451 g/mol. The van der Waals surface area contributed by atoms with Crippen LogP contribution in [0.4, 0.5) is 5.69 Å². The van der Waals surface area contributed by atoms with Gasteiger partial charge in [-0.25, -0.2) is 0 Å². The second kappa shape index (κ2) is 10.5. The number of unbranched alkanes of at least 4 members (excludes halogenated alkanes) is 1. The zero-order chi connectivity index (χ0) is 22.3. The van der Waals surface area contributed by atoms with Gasteiger partial charge in [0.25, 0.3) is 5.91 Å². The molecule has 0 saturated carbocycles. The number of nitrogens with zero attached hydrogens (tertiary/aromatic N) is 3. The lowest BCUT2D eigenvalue weighted by Gasteiger charge is -2.36. The van der Waals surface area contributed by atoms with Crippen molar-refractivity contribution in [2.45, 2.75) is 18.4 Å². The first-order valence-corrected chi connectivity index (χ1v) is 11.4. The zero-order valence-corrected chi connectivity index (χ0v) is 18.7. The van der Waals surface area contributed by atoms with Crippen molar-refractivity contribution in [2.24, 2.45) is 0 Å². The molecule has 0 aliphatic carbocycles. The summed E-state index contributed by atoms with van der Waals surface area (Å²) in [6.07, 6.45) is 3.73. The third-order valence-electron chi connectivity index (χ3n) is 5.87. The Hall–Kier alpha value is -3.01. The molecule has 6 nitrogen and oxygen atoms in total. The van der Waals surface area contributed by atoms with Crippen LogP contribution >= 0.6 is 11.6 Å². The second-order valence-corrected chi connectivity index (χ2v) is 8.42. The van der Waals surface area contributed by atoms with Crippen LogP contribution < -0.4 is 15.0 Å². The Balaban J connectivity index is 1.16. The maximum atomic E-state index is 12.5. The lowest BCUT2D eigenvalue weighted by atomic mass is 10.1. The van der Waals surface area contributed by atoms with Gasteiger partial charge < -0.3 is 15.0 Å². The van der Waals surface area contributed by atoms with E-state index in [0.717, 1.165) is 56.8 Å². The van der Waals surface area contributed by atoms with E-state index in [1.807, 2.05) is 42.5 Å². The smallest absolute Gasteiger partial charge is 0.252 e. The molecule has 0 aromatic heterocycles. The number of nitrogens with one attached hydrogen (secondary N) is 1. The summed E-state index contributed by atoms with van der Waals surface area (Å²) in [6, 6.07) is 17.5. The van der Waals surface area contributed by atoms with Crippen LogP contribution in [0.15, 0.2) is 54.1 Å². The highest BCUT2D eigenvalue weighted by molar-refractivity contribution is 6.26. The fraction of sp³-hybridized carbons (Fsp3) is 0.360. The number of piperazine rings is 1. The summed E-state index contributed by atoms with van der Waals surface area (Å²) in [5.41, 5.74) is 2.37. The van der Waals surface area contributed by atoms with Crippen LogP contribution in [-0.4, -0.2) is 55.6 Å². The Bertz CT molecular complexity index is 1020.